The quantitative estimate of drug-likeness (QED) is 0.0810. The summed E-state index contributed by atoms with van der Waals surface area (Å²) >= 11 is 0. The van der Waals surface area contributed by atoms with Gasteiger partial charge < -0.3 is 106 Å². The number of hydrogen-bond donors (Lipinski definition) is 0. The van der Waals surface area contributed by atoms with E-state index >= 15 is 0 Å². The number of nitrogens with zero attached hydrogens (tertiary/aromatic N) is 24. The molecule has 0 unspecified atom stereocenters. The van der Waals surface area contributed by atoms with Crippen LogP contribution in [0.3, 0.4) is 0 Å². The molecule has 0 bridgehead atoms. The number of aromatic nitrogens is 18. The maximum atomic E-state index is 12.9. The molecule has 0 amide bonds. The van der Waals surface area contributed by atoms with Crippen LogP contribution in [0.5, 0.6) is 0 Å². The first-order chi connectivity index (χ1) is 65.7. The van der Waals surface area contributed by atoms with Gasteiger partial charge in [-0.3, -0.25) is 29.9 Å². The number of nitriles is 3. The Morgan fingerprint density at radius 3 is 0.740 bits per heavy atom. The van der Waals surface area contributed by atoms with E-state index in [4.69, 9.17) is 35.5 Å². The predicted octanol–water partition coefficient (Wildman–Crippen LogP) is 27.0. The normalized spacial score (nSPS) is 10.2. The van der Waals surface area contributed by atoms with Crippen molar-refractivity contribution in [2.45, 2.75) is 94.7 Å². The third-order valence-corrected chi connectivity index (χ3v) is 21.5. The molecule has 0 atom stereocenters. The van der Waals surface area contributed by atoms with Crippen molar-refractivity contribution in [1.82, 2.24) is 91.1 Å². The minimum absolute atomic E-state index is 0. The summed E-state index contributed by atoms with van der Waals surface area (Å²) in [6.07, 6.45) is -4.04. The van der Waals surface area contributed by atoms with Gasteiger partial charge in [0.1, 0.15) is 35.3 Å². The van der Waals surface area contributed by atoms with Crippen molar-refractivity contribution in [3.05, 3.63) is 418 Å². The van der Waals surface area contributed by atoms with Crippen LogP contribution in [0.1, 0.15) is 95.4 Å². The van der Waals surface area contributed by atoms with E-state index in [0.29, 0.717) is 68.0 Å². The summed E-state index contributed by atoms with van der Waals surface area (Å²) < 4.78 is 116. The molecule has 12 heterocycles. The van der Waals surface area contributed by atoms with Crippen LogP contribution in [0, 0.1) is 174 Å². The van der Waals surface area contributed by atoms with E-state index in [1.807, 2.05) is 217 Å². The van der Waals surface area contributed by atoms with Crippen LogP contribution < -0.4 is 30.6 Å². The molecule has 6 aromatic carbocycles. The Kier molecular flexibility index (Phi) is 44.9. The summed E-state index contributed by atoms with van der Waals surface area (Å²) in [6.45, 7) is 42.5. The molecule has 146 heavy (non-hydrogen) atoms. The Labute approximate surface area is 882 Å². The fraction of sp³-hybridized carbons (Fsp3) is 0.127. The van der Waals surface area contributed by atoms with E-state index in [9.17, 15) is 39.5 Å². The van der Waals surface area contributed by atoms with E-state index < -0.39 is 52.3 Å². The van der Waals surface area contributed by atoms with Crippen molar-refractivity contribution in [1.29, 1.82) is 15.8 Å². The van der Waals surface area contributed by atoms with E-state index in [-0.39, 0.29) is 138 Å². The van der Waals surface area contributed by atoms with Crippen LogP contribution in [0.2, 0.25) is 0 Å². The SMILES string of the molecule is Cc1cc(-c2ccccc2)cnc1-c1[n-]nc(C(F)(F)F)c1C#N.Cc1cc(-c2ccccc2)cnc1-c1[n-]nc(C(F)(F)F)c1C#N.Cc1ccccc1-c1cnc(-c2[n-]nc(C(F)(F)F)c2C#N)cc1C.[C-]#[N+]c1c(C)n[n-]c1-c1cc(C)c(-c2ccccc2C)cn1.[C-]#[N+]c1c(C)n[n-]c1-c1ncc(-c2ccccc2)cc1C.[C-]#[N+]c1c(C)n[n-]c1-c1ncc(-c2ccccc2)cc1C.[CH3-].[CH3-].[CH3-].[CH3-].[CH3-].[CH3-].[Os+4].[Os+4].[Os+4]. The Morgan fingerprint density at radius 2 is 0.486 bits per heavy atom. The molecule has 36 heteroatoms. The first-order valence-electron chi connectivity index (χ1n) is 41.5. The molecule has 0 radical (unpaired) electrons. The molecule has 0 spiro atoms. The third-order valence-electron chi connectivity index (χ3n) is 21.5. The molecule has 12 aromatic heterocycles. The van der Waals surface area contributed by atoms with Crippen molar-refractivity contribution in [3.63, 3.8) is 0 Å². The fourth-order valence-electron chi connectivity index (χ4n) is 14.6. The summed E-state index contributed by atoms with van der Waals surface area (Å²) in [5.41, 5.74) is 21.1. The van der Waals surface area contributed by atoms with E-state index in [0.717, 1.165) is 100 Å². The number of benzene rings is 6. The zero-order valence-corrected chi connectivity index (χ0v) is 89.4. The van der Waals surface area contributed by atoms with Crippen LogP contribution in [0.4, 0.5) is 56.6 Å². The number of alkyl halides is 9. The Bertz CT molecular complexity index is 7440. The molecule has 0 saturated carbocycles. The van der Waals surface area contributed by atoms with Crippen molar-refractivity contribution in [2.24, 2.45) is 0 Å². The van der Waals surface area contributed by atoms with Gasteiger partial charge in [0.05, 0.1) is 53.5 Å². The van der Waals surface area contributed by atoms with E-state index in [1.54, 1.807) is 71.4 Å². The molecule has 0 N–H and O–H groups in total. The predicted molar refractivity (Wildman–Crippen MR) is 536 cm³/mol. The zero-order chi connectivity index (χ0) is 98.2. The molecule has 0 fully saturated rings. The largest absolute Gasteiger partial charge is 4.00 e. The monoisotopic (exact) mass is 2490 g/mol. The molecular formula is C110H91F9N24Os3. The maximum absolute atomic E-state index is 12.9. The summed E-state index contributed by atoms with van der Waals surface area (Å²) in [7, 11) is 0. The number of aryl methyl sites for hydroxylation is 11. The molecule has 24 nitrogen and oxygen atoms in total. The summed E-state index contributed by atoms with van der Waals surface area (Å²) in [5, 5.41) is 71.4. The van der Waals surface area contributed by atoms with Crippen LogP contribution in [0.25, 0.3) is 150 Å². The minimum atomic E-state index is -4.73. The van der Waals surface area contributed by atoms with Crippen molar-refractivity contribution in [3.8, 4) is 153 Å². The number of halogens is 9. The van der Waals surface area contributed by atoms with Gasteiger partial charge in [0, 0.05) is 105 Å². The Balaban J connectivity index is 0.000000361. The second-order valence-electron chi connectivity index (χ2n) is 30.8. The van der Waals surface area contributed by atoms with Gasteiger partial charge in [0.25, 0.3) is 0 Å². The number of hydrogen-bond acceptors (Lipinski definition) is 15. The average molecular weight is 2490 g/mol. The Morgan fingerprint density at radius 1 is 0.253 bits per heavy atom. The smallest absolute Gasteiger partial charge is 0.584 e. The van der Waals surface area contributed by atoms with Gasteiger partial charge in [-0.05, 0) is 190 Å². The van der Waals surface area contributed by atoms with Gasteiger partial charge >= 0.3 is 77.9 Å². The van der Waals surface area contributed by atoms with Gasteiger partial charge in [-0.1, -0.05) is 204 Å². The summed E-state index contributed by atoms with van der Waals surface area (Å²) in [6, 6.07) is 71.0. The van der Waals surface area contributed by atoms with Gasteiger partial charge in [-0.25, -0.2) is 14.5 Å². The van der Waals surface area contributed by atoms with Crippen LogP contribution in [-0.2, 0) is 77.9 Å². The molecule has 0 aliphatic heterocycles. The topological polar surface area (TPSA) is 324 Å². The van der Waals surface area contributed by atoms with Gasteiger partial charge in [0.2, 0.25) is 0 Å². The molecule has 0 aliphatic carbocycles. The third kappa shape index (κ3) is 27.8. The van der Waals surface area contributed by atoms with Crippen molar-refractivity contribution in [2.75, 3.05) is 0 Å². The number of rotatable bonds is 12. The molecule has 738 valence electrons. The first-order valence-corrected chi connectivity index (χ1v) is 41.5. The summed E-state index contributed by atoms with van der Waals surface area (Å²) in [5.74, 6) is 0. The Hall–Kier alpha value is -16.3. The van der Waals surface area contributed by atoms with Gasteiger partial charge in [0.15, 0.2) is 17.1 Å². The number of pyridine rings is 6. The zero-order valence-electron chi connectivity index (χ0n) is 81.8. The molecule has 18 rings (SSSR count). The van der Waals surface area contributed by atoms with E-state index in [1.165, 1.54) is 29.3 Å². The maximum Gasteiger partial charge on any atom is 4.00 e. The fourth-order valence-corrected chi connectivity index (χ4v) is 14.6. The molecule has 0 saturated heterocycles. The van der Waals surface area contributed by atoms with Crippen LogP contribution in [0.15, 0.2) is 243 Å². The van der Waals surface area contributed by atoms with E-state index in [2.05, 4.69) is 137 Å². The van der Waals surface area contributed by atoms with Crippen LogP contribution >= 0.6 is 0 Å². The first kappa shape index (κ1) is 122. The molecular weight excluding hydrogens is 2400 g/mol. The van der Waals surface area contributed by atoms with Gasteiger partial charge in [-0.2, -0.15) is 55.3 Å². The minimum Gasteiger partial charge on any atom is -0.584 e. The molecule has 18 aromatic rings. The molecule has 0 aliphatic rings. The van der Waals surface area contributed by atoms with Crippen molar-refractivity contribution >= 4 is 17.1 Å². The van der Waals surface area contributed by atoms with Gasteiger partial charge in [-0.15, -0.1) is 0 Å². The average Bonchev–Trinajstić information content (AvgIpc) is 1.64. The van der Waals surface area contributed by atoms with Crippen LogP contribution in [-0.4, -0.2) is 60.5 Å². The summed E-state index contributed by atoms with van der Waals surface area (Å²) in [4.78, 5) is 36.7. The second-order valence-corrected chi connectivity index (χ2v) is 30.8. The second kappa shape index (κ2) is 53.7. The van der Waals surface area contributed by atoms with Crippen molar-refractivity contribution < 1.29 is 98.9 Å². The standard InChI is InChI=1S/C18H12F3N4.C18H15N4.2C17H10F3N4.2C17H13N4.6CH3.3Os/c1-10-5-3-4-6-12(10)14-9-23-15(7-11(14)2)16-13(8-22)17(25-24-16)18(19,20)21;1-11-7-5-6-8-14(11)15-10-20-16(9-12(15)2)18-17(19-4)13(3)21-22-18;2*1-10-7-12(11-5-3-2-4-6-11)9-22-14(10)15-13(8-21)16(24-23-15)17(18,19)20;2*1-11-9-14(13-7-5-4-6-8-13)10-19-15(11)17-16(18-3)12(2)20-21-17;;;;;;;;;/h3-7,9H,1-2H3;5-10H,1-3H3;2*2-7,9H,1H3;2*4-10H,1-2H3;6*1H3;;;/q12*-1;3*+4.